The minimum atomic E-state index is -4.35. The van der Waals surface area contributed by atoms with E-state index >= 15 is 0 Å². The summed E-state index contributed by atoms with van der Waals surface area (Å²) in [6, 6.07) is 10.8. The van der Waals surface area contributed by atoms with Gasteiger partial charge in [0.25, 0.3) is 0 Å². The van der Waals surface area contributed by atoms with Crippen molar-refractivity contribution in [2.45, 2.75) is 25.1 Å². The van der Waals surface area contributed by atoms with Gasteiger partial charge in [-0.1, -0.05) is 24.3 Å². The molecule has 2 rings (SSSR count). The first-order valence-corrected chi connectivity index (χ1v) is 6.39. The van der Waals surface area contributed by atoms with Gasteiger partial charge in [0.1, 0.15) is 5.82 Å². The Labute approximate surface area is 120 Å². The Morgan fingerprint density at radius 2 is 1.57 bits per heavy atom. The van der Waals surface area contributed by atoms with Gasteiger partial charge in [0.05, 0.1) is 5.56 Å². The summed E-state index contributed by atoms with van der Waals surface area (Å²) in [7, 11) is 0. The number of hydrogen-bond donors (Lipinski definition) is 1. The smallest absolute Gasteiger partial charge is 0.321 e. The normalized spacial score (nSPS) is 14.8. The highest BCUT2D eigenvalue weighted by Gasteiger charge is 2.30. The van der Waals surface area contributed by atoms with Crippen LogP contribution in [0.5, 0.6) is 0 Å². The summed E-state index contributed by atoms with van der Waals surface area (Å²) in [4.78, 5) is 0. The predicted molar refractivity (Wildman–Crippen MR) is 73.1 cm³/mol. The molecule has 0 saturated heterocycles. The second kappa shape index (κ2) is 5.48. The Balaban J connectivity index is 2.20. The van der Waals surface area contributed by atoms with Crippen LogP contribution in [0.2, 0.25) is 0 Å². The topological polar surface area (TPSA) is 26.0 Å². The zero-order chi connectivity index (χ0) is 15.7. The first-order chi connectivity index (χ1) is 9.68. The molecule has 0 fully saturated rings. The van der Waals surface area contributed by atoms with E-state index in [1.165, 1.54) is 24.3 Å². The van der Waals surface area contributed by atoms with Crippen LogP contribution < -0.4 is 5.73 Å². The molecular formula is C16H15F4N. The molecule has 1 unspecified atom stereocenters. The van der Waals surface area contributed by atoms with E-state index in [0.29, 0.717) is 17.5 Å². The molecule has 0 saturated carbocycles. The van der Waals surface area contributed by atoms with Gasteiger partial charge in [-0.25, -0.2) is 4.39 Å². The van der Waals surface area contributed by atoms with Crippen molar-refractivity contribution in [1.29, 1.82) is 0 Å². The van der Waals surface area contributed by atoms with Crippen molar-refractivity contribution in [3.63, 3.8) is 0 Å². The van der Waals surface area contributed by atoms with Crippen molar-refractivity contribution in [2.75, 3.05) is 0 Å². The number of rotatable bonds is 3. The molecule has 0 aliphatic rings. The number of alkyl halides is 3. The van der Waals surface area contributed by atoms with Gasteiger partial charge < -0.3 is 5.73 Å². The van der Waals surface area contributed by atoms with Gasteiger partial charge in [-0.2, -0.15) is 13.2 Å². The van der Waals surface area contributed by atoms with Crippen molar-refractivity contribution in [3.8, 4) is 0 Å². The lowest BCUT2D eigenvalue weighted by atomic mass is 9.86. The zero-order valence-electron chi connectivity index (χ0n) is 11.4. The van der Waals surface area contributed by atoms with E-state index in [-0.39, 0.29) is 0 Å². The fourth-order valence-corrected chi connectivity index (χ4v) is 2.18. The Bertz CT molecular complexity index is 615. The average molecular weight is 297 g/mol. The summed E-state index contributed by atoms with van der Waals surface area (Å²) in [6.45, 7) is 1.72. The minimum Gasteiger partial charge on any atom is -0.321 e. The molecule has 2 N–H and O–H groups in total. The van der Waals surface area contributed by atoms with Crippen LogP contribution in [0, 0.1) is 5.82 Å². The summed E-state index contributed by atoms with van der Waals surface area (Å²) >= 11 is 0. The highest BCUT2D eigenvalue weighted by atomic mass is 19.4. The molecule has 0 aliphatic heterocycles. The van der Waals surface area contributed by atoms with Crippen molar-refractivity contribution in [2.24, 2.45) is 5.73 Å². The van der Waals surface area contributed by atoms with Gasteiger partial charge in [0.2, 0.25) is 0 Å². The van der Waals surface area contributed by atoms with Gasteiger partial charge >= 0.3 is 6.18 Å². The molecular weight excluding hydrogens is 282 g/mol. The summed E-state index contributed by atoms with van der Waals surface area (Å²) in [5.74, 6) is -0.392. The van der Waals surface area contributed by atoms with Crippen molar-refractivity contribution < 1.29 is 17.6 Å². The third-order valence-electron chi connectivity index (χ3n) is 3.34. The predicted octanol–water partition coefficient (Wildman–Crippen LogP) is 4.26. The molecule has 0 radical (unpaired) electrons. The van der Waals surface area contributed by atoms with Gasteiger partial charge in [-0.3, -0.25) is 0 Å². The van der Waals surface area contributed by atoms with Crippen molar-refractivity contribution in [3.05, 3.63) is 71.0 Å². The lowest BCUT2D eigenvalue weighted by Gasteiger charge is -2.25. The number of hydrogen-bond acceptors (Lipinski definition) is 1. The molecule has 2 aromatic rings. The summed E-state index contributed by atoms with van der Waals surface area (Å²) in [5, 5.41) is 0. The quantitative estimate of drug-likeness (QED) is 0.842. The Morgan fingerprint density at radius 1 is 0.952 bits per heavy atom. The molecule has 1 atom stereocenters. The van der Waals surface area contributed by atoms with Crippen LogP contribution in [-0.4, -0.2) is 0 Å². The fourth-order valence-electron chi connectivity index (χ4n) is 2.18. The molecule has 112 valence electrons. The average Bonchev–Trinajstić information content (AvgIpc) is 2.38. The molecule has 0 bridgehead atoms. The maximum Gasteiger partial charge on any atom is 0.416 e. The summed E-state index contributed by atoms with van der Waals surface area (Å²) in [5.41, 5.74) is 5.88. The standard InChI is InChI=1S/C16H15F4N/c1-15(21,13-3-2-4-14(17)9-13)10-11-5-7-12(8-6-11)16(18,19)20/h2-9H,10,21H2,1H3. The number of nitrogens with two attached hydrogens (primary N) is 1. The Morgan fingerprint density at radius 3 is 2.10 bits per heavy atom. The largest absolute Gasteiger partial charge is 0.416 e. The highest BCUT2D eigenvalue weighted by molar-refractivity contribution is 5.30. The van der Waals surface area contributed by atoms with E-state index in [1.54, 1.807) is 19.1 Å². The van der Waals surface area contributed by atoms with Crippen LogP contribution in [0.25, 0.3) is 0 Å². The summed E-state index contributed by atoms with van der Waals surface area (Å²) < 4.78 is 50.7. The Kier molecular flexibility index (Phi) is 4.05. The molecule has 21 heavy (non-hydrogen) atoms. The number of benzene rings is 2. The van der Waals surface area contributed by atoms with Crippen molar-refractivity contribution in [1.82, 2.24) is 0 Å². The van der Waals surface area contributed by atoms with Crippen LogP contribution in [-0.2, 0) is 18.1 Å². The van der Waals surface area contributed by atoms with Crippen LogP contribution in [0.3, 0.4) is 0 Å². The first kappa shape index (κ1) is 15.5. The van der Waals surface area contributed by atoms with Gasteiger partial charge in [-0.15, -0.1) is 0 Å². The first-order valence-electron chi connectivity index (χ1n) is 6.39. The van der Waals surface area contributed by atoms with Gasteiger partial charge in [0, 0.05) is 5.54 Å². The zero-order valence-corrected chi connectivity index (χ0v) is 11.4. The Hall–Kier alpha value is -1.88. The van der Waals surface area contributed by atoms with Crippen LogP contribution in [0.15, 0.2) is 48.5 Å². The van der Waals surface area contributed by atoms with Crippen molar-refractivity contribution >= 4 is 0 Å². The van der Waals surface area contributed by atoms with Crippen LogP contribution in [0.1, 0.15) is 23.6 Å². The molecule has 0 amide bonds. The van der Waals surface area contributed by atoms with Gasteiger partial charge in [-0.05, 0) is 48.7 Å². The molecule has 0 spiro atoms. The van der Waals surface area contributed by atoms with E-state index in [0.717, 1.165) is 12.1 Å². The third-order valence-corrected chi connectivity index (χ3v) is 3.34. The maximum atomic E-state index is 13.2. The third kappa shape index (κ3) is 3.82. The molecule has 0 aromatic heterocycles. The minimum absolute atomic E-state index is 0.314. The van der Waals surface area contributed by atoms with Gasteiger partial charge in [0.15, 0.2) is 0 Å². The second-order valence-electron chi connectivity index (χ2n) is 5.30. The van der Waals surface area contributed by atoms with E-state index in [1.807, 2.05) is 0 Å². The molecule has 5 heteroatoms. The maximum absolute atomic E-state index is 13.2. The molecule has 1 nitrogen and oxygen atoms in total. The van der Waals surface area contributed by atoms with E-state index in [4.69, 9.17) is 5.73 Å². The molecule has 0 heterocycles. The lowest BCUT2D eigenvalue weighted by Crippen LogP contribution is -2.35. The number of halogens is 4. The SMILES string of the molecule is CC(N)(Cc1ccc(C(F)(F)F)cc1)c1cccc(F)c1. The summed E-state index contributed by atoms with van der Waals surface area (Å²) in [6.07, 6.45) is -4.04. The van der Waals surface area contributed by atoms with E-state index < -0.39 is 23.1 Å². The lowest BCUT2D eigenvalue weighted by molar-refractivity contribution is -0.137. The van der Waals surface area contributed by atoms with Crippen LogP contribution in [0.4, 0.5) is 17.6 Å². The molecule has 0 aliphatic carbocycles. The van der Waals surface area contributed by atoms with Crippen LogP contribution >= 0.6 is 0 Å². The van der Waals surface area contributed by atoms with E-state index in [2.05, 4.69) is 0 Å². The highest BCUT2D eigenvalue weighted by Crippen LogP contribution is 2.30. The molecule has 2 aromatic carbocycles. The van der Waals surface area contributed by atoms with E-state index in [9.17, 15) is 17.6 Å². The second-order valence-corrected chi connectivity index (χ2v) is 5.30. The fraction of sp³-hybridized carbons (Fsp3) is 0.250. The monoisotopic (exact) mass is 297 g/mol.